The number of nitrogens with one attached hydrogen (secondary N) is 1. The van der Waals surface area contributed by atoms with Gasteiger partial charge in [0.25, 0.3) is 0 Å². The Balaban J connectivity index is 1.43. The van der Waals surface area contributed by atoms with E-state index in [1.54, 1.807) is 0 Å². The molecule has 2 heterocycles. The average molecular weight is 389 g/mol. The number of imidazole rings is 1. The Hall–Kier alpha value is -1.70. The molecule has 0 bridgehead atoms. The molecule has 1 atom stereocenters. The first-order valence-electron chi connectivity index (χ1n) is 9.93. The summed E-state index contributed by atoms with van der Waals surface area (Å²) in [6, 6.07) is 10.3. The molecule has 7 heteroatoms. The summed E-state index contributed by atoms with van der Waals surface area (Å²) < 4.78 is 30.7. The van der Waals surface area contributed by atoms with E-state index in [4.69, 9.17) is 0 Å². The van der Waals surface area contributed by atoms with Gasteiger partial charge < -0.3 is 4.57 Å². The van der Waals surface area contributed by atoms with E-state index in [9.17, 15) is 8.42 Å². The van der Waals surface area contributed by atoms with Crippen molar-refractivity contribution in [1.29, 1.82) is 0 Å². The Labute approximate surface area is 161 Å². The first-order chi connectivity index (χ1) is 13.1. The van der Waals surface area contributed by atoms with Crippen molar-refractivity contribution in [2.45, 2.75) is 56.4 Å². The highest BCUT2D eigenvalue weighted by atomic mass is 32.2. The number of hydrogen-bond acceptors (Lipinski definition) is 4. The highest BCUT2D eigenvalue weighted by Crippen LogP contribution is 2.23. The first-order valence-corrected chi connectivity index (χ1v) is 11.5. The van der Waals surface area contributed by atoms with Crippen LogP contribution in [0.2, 0.25) is 0 Å². The van der Waals surface area contributed by atoms with Gasteiger partial charge in [0, 0.05) is 30.7 Å². The molecule has 1 aromatic heterocycles. The van der Waals surface area contributed by atoms with E-state index < -0.39 is 10.0 Å². The number of para-hydroxylation sites is 1. The van der Waals surface area contributed by atoms with Crippen molar-refractivity contribution >= 4 is 10.0 Å². The number of piperidine rings is 1. The van der Waals surface area contributed by atoms with E-state index in [1.807, 2.05) is 30.6 Å². The molecule has 0 radical (unpaired) electrons. The number of sulfonamides is 1. The third kappa shape index (κ3) is 4.42. The standard InChI is InChI=1S/C20H28N4O2S/c25-27(26,22-17-7-4-5-8-17)19-11-6-13-23(15-19)16-20-21-12-14-24(20)18-9-2-1-3-10-18/h1-3,9-10,12,14,17,19,22H,4-8,11,13,15-16H2/t19-/m1/s1. The zero-order valence-corrected chi connectivity index (χ0v) is 16.4. The van der Waals surface area contributed by atoms with Gasteiger partial charge in [0.15, 0.2) is 0 Å². The number of hydrogen-bond donors (Lipinski definition) is 1. The third-order valence-electron chi connectivity index (χ3n) is 5.70. The lowest BCUT2D eigenvalue weighted by atomic mass is 10.1. The molecule has 1 saturated carbocycles. The van der Waals surface area contributed by atoms with Crippen LogP contribution in [0.3, 0.4) is 0 Å². The molecular formula is C20H28N4O2S. The molecule has 1 aliphatic carbocycles. The highest BCUT2D eigenvalue weighted by Gasteiger charge is 2.33. The molecule has 0 unspecified atom stereocenters. The van der Waals surface area contributed by atoms with Crippen LogP contribution in [0.4, 0.5) is 0 Å². The van der Waals surface area contributed by atoms with Crippen LogP contribution in [0.1, 0.15) is 44.3 Å². The van der Waals surface area contributed by atoms with Crippen LogP contribution < -0.4 is 4.72 Å². The summed E-state index contributed by atoms with van der Waals surface area (Å²) in [5.41, 5.74) is 1.08. The van der Waals surface area contributed by atoms with Crippen molar-refractivity contribution in [1.82, 2.24) is 19.2 Å². The van der Waals surface area contributed by atoms with Crippen LogP contribution in [0.15, 0.2) is 42.7 Å². The molecule has 2 fully saturated rings. The summed E-state index contributed by atoms with van der Waals surface area (Å²) in [5.74, 6) is 0.947. The molecule has 0 amide bonds. The minimum atomic E-state index is -3.26. The zero-order chi connectivity index (χ0) is 18.7. The molecule has 27 heavy (non-hydrogen) atoms. The summed E-state index contributed by atoms with van der Waals surface area (Å²) in [7, 11) is -3.26. The van der Waals surface area contributed by atoms with Crippen molar-refractivity contribution in [3.8, 4) is 5.69 Å². The van der Waals surface area contributed by atoms with Gasteiger partial charge >= 0.3 is 0 Å². The molecule has 1 N–H and O–H groups in total. The lowest BCUT2D eigenvalue weighted by molar-refractivity contribution is 0.215. The summed E-state index contributed by atoms with van der Waals surface area (Å²) in [6.45, 7) is 2.15. The van der Waals surface area contributed by atoms with E-state index in [2.05, 4.69) is 31.3 Å². The van der Waals surface area contributed by atoms with E-state index in [0.717, 1.165) is 56.6 Å². The van der Waals surface area contributed by atoms with Gasteiger partial charge in [-0.15, -0.1) is 0 Å². The molecule has 1 saturated heterocycles. The Morgan fingerprint density at radius 1 is 1.07 bits per heavy atom. The summed E-state index contributed by atoms with van der Waals surface area (Å²) in [4.78, 5) is 6.74. The molecule has 0 spiro atoms. The van der Waals surface area contributed by atoms with Gasteiger partial charge in [-0.25, -0.2) is 18.1 Å². The third-order valence-corrected chi connectivity index (χ3v) is 7.63. The molecule has 6 nitrogen and oxygen atoms in total. The average Bonchev–Trinajstić information content (AvgIpc) is 3.34. The molecule has 2 aromatic rings. The van der Waals surface area contributed by atoms with Crippen LogP contribution >= 0.6 is 0 Å². The van der Waals surface area contributed by atoms with Crippen LogP contribution in [0.5, 0.6) is 0 Å². The second kappa shape index (κ2) is 8.12. The van der Waals surface area contributed by atoms with Crippen LogP contribution in [-0.2, 0) is 16.6 Å². The predicted octanol–water partition coefficient (Wildman–Crippen LogP) is 2.70. The van der Waals surface area contributed by atoms with Crippen molar-refractivity contribution < 1.29 is 8.42 Å². The number of aromatic nitrogens is 2. The Morgan fingerprint density at radius 2 is 1.85 bits per heavy atom. The van der Waals surface area contributed by atoms with Crippen molar-refractivity contribution in [2.24, 2.45) is 0 Å². The molecule has 146 valence electrons. The van der Waals surface area contributed by atoms with Gasteiger partial charge in [0.1, 0.15) is 5.82 Å². The Morgan fingerprint density at radius 3 is 2.63 bits per heavy atom. The highest BCUT2D eigenvalue weighted by molar-refractivity contribution is 7.90. The molecule has 2 aliphatic rings. The van der Waals surface area contributed by atoms with E-state index in [0.29, 0.717) is 13.1 Å². The number of likely N-dealkylation sites (tertiary alicyclic amines) is 1. The molecular weight excluding hydrogens is 360 g/mol. The number of nitrogens with zero attached hydrogens (tertiary/aromatic N) is 3. The fourth-order valence-corrected chi connectivity index (χ4v) is 6.03. The van der Waals surface area contributed by atoms with Gasteiger partial charge in [-0.2, -0.15) is 0 Å². The van der Waals surface area contributed by atoms with Crippen molar-refractivity contribution in [2.75, 3.05) is 13.1 Å². The maximum atomic E-state index is 12.8. The van der Waals surface area contributed by atoms with Gasteiger partial charge in [-0.1, -0.05) is 31.0 Å². The van der Waals surface area contributed by atoms with E-state index >= 15 is 0 Å². The minimum Gasteiger partial charge on any atom is -0.303 e. The number of benzene rings is 1. The lowest BCUT2D eigenvalue weighted by Gasteiger charge is -2.32. The summed E-state index contributed by atoms with van der Waals surface area (Å²) >= 11 is 0. The quantitative estimate of drug-likeness (QED) is 0.826. The zero-order valence-electron chi connectivity index (χ0n) is 15.6. The molecule has 4 rings (SSSR count). The van der Waals surface area contributed by atoms with E-state index in [-0.39, 0.29) is 11.3 Å². The lowest BCUT2D eigenvalue weighted by Crippen LogP contribution is -2.48. The Kier molecular flexibility index (Phi) is 5.61. The van der Waals surface area contributed by atoms with Gasteiger partial charge in [0.05, 0.1) is 11.8 Å². The summed E-state index contributed by atoms with van der Waals surface area (Å²) in [6.07, 6.45) is 9.63. The van der Waals surface area contributed by atoms with Gasteiger partial charge in [-0.3, -0.25) is 4.90 Å². The fourth-order valence-electron chi connectivity index (χ4n) is 4.26. The molecule has 1 aliphatic heterocycles. The van der Waals surface area contributed by atoms with Crippen LogP contribution in [-0.4, -0.2) is 47.3 Å². The fraction of sp³-hybridized carbons (Fsp3) is 0.550. The summed E-state index contributed by atoms with van der Waals surface area (Å²) in [5, 5.41) is -0.327. The minimum absolute atomic E-state index is 0.141. The second-order valence-corrected chi connectivity index (χ2v) is 9.69. The number of rotatable bonds is 6. The maximum absolute atomic E-state index is 12.8. The van der Waals surface area contributed by atoms with Crippen LogP contribution in [0, 0.1) is 0 Å². The largest absolute Gasteiger partial charge is 0.303 e. The Bertz CT molecular complexity index is 844. The van der Waals surface area contributed by atoms with E-state index in [1.165, 1.54) is 0 Å². The first kappa shape index (κ1) is 18.7. The van der Waals surface area contributed by atoms with Gasteiger partial charge in [0.2, 0.25) is 10.0 Å². The van der Waals surface area contributed by atoms with Crippen molar-refractivity contribution in [3.05, 3.63) is 48.5 Å². The second-order valence-electron chi connectivity index (χ2n) is 7.69. The van der Waals surface area contributed by atoms with Gasteiger partial charge in [-0.05, 0) is 44.4 Å². The molecule has 1 aromatic carbocycles. The normalized spacial score (nSPS) is 22.3. The SMILES string of the molecule is O=S(=O)(NC1CCCC1)[C@@H]1CCCN(Cc2nccn2-c2ccccc2)C1. The van der Waals surface area contributed by atoms with Crippen molar-refractivity contribution in [3.63, 3.8) is 0 Å². The predicted molar refractivity (Wildman–Crippen MR) is 106 cm³/mol. The smallest absolute Gasteiger partial charge is 0.215 e. The van der Waals surface area contributed by atoms with Crippen LogP contribution in [0.25, 0.3) is 5.69 Å². The maximum Gasteiger partial charge on any atom is 0.215 e. The monoisotopic (exact) mass is 388 g/mol. The topological polar surface area (TPSA) is 67.2 Å².